The van der Waals surface area contributed by atoms with Gasteiger partial charge in [0.25, 0.3) is 0 Å². The van der Waals surface area contributed by atoms with E-state index in [-0.39, 0.29) is 37.2 Å². The molecule has 0 unspecified atom stereocenters. The molecule has 3 aromatic rings. The summed E-state index contributed by atoms with van der Waals surface area (Å²) in [6.07, 6.45) is 46.6. The van der Waals surface area contributed by atoms with Gasteiger partial charge in [0.05, 0.1) is 0 Å². The van der Waals surface area contributed by atoms with Crippen LogP contribution in [-0.4, -0.2) is 8.07 Å². The van der Waals surface area contributed by atoms with Crippen molar-refractivity contribution in [3.05, 3.63) is 109 Å². The average molecular weight is 1040 g/mol. The van der Waals surface area contributed by atoms with Crippen LogP contribution in [0.15, 0.2) is 75.3 Å². The summed E-state index contributed by atoms with van der Waals surface area (Å²) >= 11 is 2.50. The van der Waals surface area contributed by atoms with E-state index >= 15 is 0 Å². The molecule has 0 bridgehead atoms. The van der Waals surface area contributed by atoms with E-state index in [1.54, 1.807) is 63.6 Å². The van der Waals surface area contributed by atoms with Gasteiger partial charge in [0.15, 0.2) is 0 Å². The molecule has 68 heavy (non-hydrogen) atoms. The predicted octanol–water partition coefficient (Wildman–Crippen LogP) is 8.77. The van der Waals surface area contributed by atoms with Gasteiger partial charge in [-0.15, -0.1) is 0 Å². The first-order valence-electron chi connectivity index (χ1n) is 28.4. The van der Waals surface area contributed by atoms with Gasteiger partial charge in [-0.25, -0.2) is 0 Å². The number of benzene rings is 3. The second-order valence-electron chi connectivity index (χ2n) is 20.6. The molecule has 0 heterocycles. The first kappa shape index (κ1) is 65.0. The molecule has 5 heteroatoms. The Morgan fingerprint density at radius 1 is 0.324 bits per heavy atom. The molecular formula is C63H99Cl3SiTi. The Bertz CT molecular complexity index is 1580. The van der Waals surface area contributed by atoms with E-state index in [9.17, 15) is 0 Å². The molecule has 0 radical (unpaired) electrons. The molecule has 0 saturated carbocycles. The minimum atomic E-state index is -2.86. The van der Waals surface area contributed by atoms with Gasteiger partial charge in [-0.3, -0.25) is 0 Å². The van der Waals surface area contributed by atoms with E-state index in [2.05, 4.69) is 130 Å². The summed E-state index contributed by atoms with van der Waals surface area (Å²) in [7, 11) is -2.86. The summed E-state index contributed by atoms with van der Waals surface area (Å²) in [6, 6.07) is 25.0. The average Bonchev–Trinajstić information content (AvgIpc) is 3.68. The maximum atomic E-state index is 2.82. The molecule has 0 N–H and O–H groups in total. The van der Waals surface area contributed by atoms with Crippen LogP contribution in [0.1, 0.15) is 262 Å². The minimum Gasteiger partial charge on any atom is -1.00 e. The van der Waals surface area contributed by atoms with Gasteiger partial charge in [-0.05, 0) is 0 Å². The van der Waals surface area contributed by atoms with Crippen LogP contribution in [0.25, 0.3) is 0 Å². The third-order valence-corrected chi connectivity index (χ3v) is 20.3. The Balaban J connectivity index is 0.00000771. The minimum absolute atomic E-state index is 0. The van der Waals surface area contributed by atoms with Crippen LogP contribution in [0.4, 0.5) is 0 Å². The molecule has 1 aliphatic carbocycles. The topological polar surface area (TPSA) is 0 Å². The standard InChI is InChI=1S/C63H99Si.3ClH.Ti/c1-8-15-22-28-35-53-44-54(36-29-23-16-9-2)48-60(47-53)64(63-43-34-42-59(63)41-21-14-7,61-49-55(37-30-24-17-10-3)45-56(50-61)38-31-25-18-11-4)62-51-57(39-32-26-19-12-5)46-58(52-62)40-33-27-20-13-6;;;;/h43-52H,8-41H2,1-7H3;3*1H;/q;;;;+3/p-3. The molecule has 380 valence electrons. The second kappa shape index (κ2) is 38.5. The van der Waals surface area contributed by atoms with E-state index in [1.807, 2.05) is 0 Å². The third-order valence-electron chi connectivity index (χ3n) is 14.8. The zero-order valence-electron chi connectivity index (χ0n) is 44.9. The van der Waals surface area contributed by atoms with E-state index in [0.29, 0.717) is 0 Å². The fourth-order valence-electron chi connectivity index (χ4n) is 10.9. The van der Waals surface area contributed by atoms with Crippen LogP contribution in [-0.2, 0) is 59.0 Å². The van der Waals surface area contributed by atoms with Gasteiger partial charge in [-0.2, -0.15) is 0 Å². The SMILES string of the molecule is CCCCCCc1cc(CCCCCC)cc([Si](C2=CC[C]([Ti+3])=C2CCCC)(c2cc(CCCCCC)cc(CCCCCC)c2)c2cc(CCCCCC)cc(CCCCCC)c2)c1.[Cl-].[Cl-].[Cl-]. The number of rotatable bonds is 37. The van der Waals surface area contributed by atoms with Crippen LogP contribution < -0.4 is 52.8 Å². The Kier molecular flexibility index (Phi) is 36.8. The smallest absolute Gasteiger partial charge is 1.00 e. The zero-order chi connectivity index (χ0) is 46.5. The number of hydrogen-bond donors (Lipinski definition) is 0. The number of allylic oxidation sites excluding steroid dienone is 4. The van der Waals surface area contributed by atoms with Gasteiger partial charge in [0.2, 0.25) is 0 Å². The van der Waals surface area contributed by atoms with E-state index in [4.69, 9.17) is 0 Å². The van der Waals surface area contributed by atoms with Gasteiger partial charge in [0, 0.05) is 0 Å². The van der Waals surface area contributed by atoms with Crippen molar-refractivity contribution in [2.45, 2.75) is 267 Å². The molecule has 0 nitrogen and oxygen atoms in total. The van der Waals surface area contributed by atoms with Crippen molar-refractivity contribution in [1.29, 1.82) is 0 Å². The van der Waals surface area contributed by atoms with Gasteiger partial charge in [-0.1, -0.05) is 41.5 Å². The fraction of sp³-hybridized carbons (Fsp3) is 0.651. The van der Waals surface area contributed by atoms with E-state index in [0.717, 1.165) is 6.42 Å². The van der Waals surface area contributed by atoms with Gasteiger partial charge < -0.3 is 37.2 Å². The second-order valence-corrected chi connectivity index (χ2v) is 25.3. The molecule has 0 aliphatic heterocycles. The Morgan fingerprint density at radius 3 is 0.809 bits per heavy atom. The fourth-order valence-corrected chi connectivity index (χ4v) is 17.2. The molecule has 0 spiro atoms. The van der Waals surface area contributed by atoms with Crippen molar-refractivity contribution in [2.75, 3.05) is 0 Å². The normalized spacial score (nSPS) is 12.5. The maximum absolute atomic E-state index is 2.86. The van der Waals surface area contributed by atoms with Crippen molar-refractivity contribution in [3.8, 4) is 0 Å². The number of aryl methyl sites for hydroxylation is 6. The van der Waals surface area contributed by atoms with Crippen molar-refractivity contribution >= 4 is 23.6 Å². The summed E-state index contributed by atoms with van der Waals surface area (Å²) < 4.78 is 1.65. The molecule has 3 aromatic carbocycles. The van der Waals surface area contributed by atoms with Crippen molar-refractivity contribution in [2.24, 2.45) is 0 Å². The van der Waals surface area contributed by atoms with Crippen LogP contribution in [0.5, 0.6) is 0 Å². The van der Waals surface area contributed by atoms with Gasteiger partial charge in [0.1, 0.15) is 0 Å². The number of hydrogen-bond acceptors (Lipinski definition) is 0. The largest absolute Gasteiger partial charge is 1.00 e. The predicted molar refractivity (Wildman–Crippen MR) is 290 cm³/mol. The third kappa shape index (κ3) is 21.2. The summed E-state index contributed by atoms with van der Waals surface area (Å²) in [5.74, 6) is 0. The summed E-state index contributed by atoms with van der Waals surface area (Å²) in [5.41, 5.74) is 11.4. The molecule has 0 atom stereocenters. The van der Waals surface area contributed by atoms with E-state index in [1.165, 1.54) is 212 Å². The van der Waals surface area contributed by atoms with E-state index < -0.39 is 8.07 Å². The summed E-state index contributed by atoms with van der Waals surface area (Å²) in [5, 5.41) is 6.87. The zero-order valence-corrected chi connectivity index (χ0v) is 49.8. The van der Waals surface area contributed by atoms with Crippen molar-refractivity contribution in [1.82, 2.24) is 0 Å². The Labute approximate surface area is 453 Å². The number of halogens is 3. The van der Waals surface area contributed by atoms with Crippen LogP contribution >= 0.6 is 0 Å². The van der Waals surface area contributed by atoms with Crippen molar-refractivity contribution < 1.29 is 57.7 Å². The molecule has 0 amide bonds. The molecule has 1 aliphatic rings. The van der Waals surface area contributed by atoms with Crippen molar-refractivity contribution in [3.63, 3.8) is 0 Å². The Morgan fingerprint density at radius 2 is 0.574 bits per heavy atom. The van der Waals surface area contributed by atoms with Crippen LogP contribution in [0, 0.1) is 0 Å². The summed E-state index contributed by atoms with van der Waals surface area (Å²) in [4.78, 5) is 0. The molecule has 0 fully saturated rings. The maximum Gasteiger partial charge on any atom is -1.00 e. The molecule has 0 aromatic heterocycles. The first-order valence-corrected chi connectivity index (χ1v) is 31.2. The van der Waals surface area contributed by atoms with Gasteiger partial charge >= 0.3 is 378 Å². The summed E-state index contributed by atoms with van der Waals surface area (Å²) in [6.45, 7) is 16.6. The number of unbranched alkanes of at least 4 members (excludes halogenated alkanes) is 19. The first-order chi connectivity index (χ1) is 31.9. The molecule has 4 rings (SSSR count). The molecular weight excluding hydrogens is 939 g/mol. The van der Waals surface area contributed by atoms with Crippen LogP contribution in [0.3, 0.4) is 0 Å². The monoisotopic (exact) mass is 1040 g/mol. The molecule has 0 saturated heterocycles. The van der Waals surface area contributed by atoms with Crippen LogP contribution in [0.2, 0.25) is 0 Å². The Hall–Kier alpha value is -1.06. The quantitative estimate of drug-likeness (QED) is 0.0308.